The molecule has 0 saturated carbocycles. The molecule has 0 aliphatic carbocycles. The lowest BCUT2D eigenvalue weighted by molar-refractivity contribution is -0.305. The molecule has 1 atom stereocenters. The van der Waals surface area contributed by atoms with E-state index in [4.69, 9.17) is 9.84 Å². The molecule has 0 aromatic heterocycles. The number of carbonyl (C=O) groups is 2. The Kier molecular flexibility index (Phi) is 10.2. The van der Waals surface area contributed by atoms with Gasteiger partial charge in [-0.15, -0.1) is 0 Å². The van der Waals surface area contributed by atoms with Crippen molar-refractivity contribution in [2.45, 2.75) is 25.3 Å². The molecule has 0 spiro atoms. The quantitative estimate of drug-likeness (QED) is 0.358. The molecule has 1 amide bonds. The van der Waals surface area contributed by atoms with Crippen LogP contribution >= 0.6 is 0 Å². The normalized spacial score (nSPS) is 12.1. The number of amides is 1. The average Bonchev–Trinajstić information content (AvgIpc) is 2.34. The van der Waals surface area contributed by atoms with Gasteiger partial charge in [0, 0.05) is 25.7 Å². The van der Waals surface area contributed by atoms with Gasteiger partial charge in [0.15, 0.2) is 0 Å². The van der Waals surface area contributed by atoms with Crippen LogP contribution in [0.3, 0.4) is 0 Å². The highest BCUT2D eigenvalue weighted by Gasteiger charge is 2.15. The molecule has 0 saturated heterocycles. The first-order valence-electron chi connectivity index (χ1n) is 5.95. The molecule has 0 radical (unpaired) electrons. The monoisotopic (exact) mass is 261 g/mol. The van der Waals surface area contributed by atoms with Gasteiger partial charge in [-0.25, -0.2) is 0 Å². The fourth-order valence-corrected chi connectivity index (χ4v) is 1.31. The highest BCUT2D eigenvalue weighted by Crippen LogP contribution is 1.96. The second-order valence-electron chi connectivity index (χ2n) is 3.73. The number of rotatable bonds is 11. The van der Waals surface area contributed by atoms with Gasteiger partial charge in [0.1, 0.15) is 0 Å². The lowest BCUT2D eigenvalue weighted by atomic mass is 10.1. The Bertz CT molecular complexity index is 248. The Morgan fingerprint density at radius 2 is 2.11 bits per heavy atom. The molecular weight excluding hydrogens is 240 g/mol. The van der Waals surface area contributed by atoms with Crippen molar-refractivity contribution < 1.29 is 24.5 Å². The second-order valence-corrected chi connectivity index (χ2v) is 3.73. The summed E-state index contributed by atoms with van der Waals surface area (Å²) < 4.78 is 5.14. The lowest BCUT2D eigenvalue weighted by Crippen LogP contribution is -2.44. The van der Waals surface area contributed by atoms with Crippen LogP contribution in [-0.2, 0) is 14.3 Å². The van der Waals surface area contributed by atoms with Crippen LogP contribution in [0.25, 0.3) is 0 Å². The molecule has 7 heteroatoms. The summed E-state index contributed by atoms with van der Waals surface area (Å²) in [5, 5.41) is 24.2. The summed E-state index contributed by atoms with van der Waals surface area (Å²) in [5.41, 5.74) is 0. The number of aliphatic carboxylic acids is 1. The van der Waals surface area contributed by atoms with E-state index in [2.05, 4.69) is 10.6 Å². The number of hydrogen-bond donors (Lipinski definition) is 3. The van der Waals surface area contributed by atoms with E-state index in [0.717, 1.165) is 0 Å². The molecule has 0 aromatic rings. The van der Waals surface area contributed by atoms with Crippen LogP contribution < -0.4 is 15.7 Å². The summed E-state index contributed by atoms with van der Waals surface area (Å²) in [6.45, 7) is 1.25. The van der Waals surface area contributed by atoms with E-state index in [1.807, 2.05) is 0 Å². The van der Waals surface area contributed by atoms with Crippen molar-refractivity contribution in [1.82, 2.24) is 10.6 Å². The summed E-state index contributed by atoms with van der Waals surface area (Å²) in [6.07, 6.45) is 0.598. The molecule has 0 rings (SSSR count). The van der Waals surface area contributed by atoms with Crippen molar-refractivity contribution in [2.24, 2.45) is 0 Å². The minimum atomic E-state index is -1.17. The Hall–Kier alpha value is -1.18. The van der Waals surface area contributed by atoms with Gasteiger partial charge in [-0.05, 0) is 26.3 Å². The number of carbonyl (C=O) groups excluding carboxylic acids is 2. The maximum atomic E-state index is 11.6. The Balaban J connectivity index is 3.66. The molecule has 0 fully saturated rings. The first-order chi connectivity index (χ1) is 8.61. The third-order valence-corrected chi connectivity index (χ3v) is 2.29. The van der Waals surface area contributed by atoms with Crippen LogP contribution in [0, 0.1) is 0 Å². The first kappa shape index (κ1) is 16.8. The maximum Gasteiger partial charge on any atom is 0.237 e. The molecule has 106 valence electrons. The SMILES string of the molecule is CNC(CCC(=O)[O-])C(=O)NCCOCCCO. The van der Waals surface area contributed by atoms with Crippen LogP contribution in [0.15, 0.2) is 0 Å². The fraction of sp³-hybridized carbons (Fsp3) is 0.818. The Morgan fingerprint density at radius 1 is 1.39 bits per heavy atom. The number of aliphatic hydroxyl groups excluding tert-OH is 1. The number of likely N-dealkylation sites (N-methyl/N-ethyl adjacent to an activating group) is 1. The van der Waals surface area contributed by atoms with Gasteiger partial charge in [0.2, 0.25) is 5.91 Å². The van der Waals surface area contributed by atoms with E-state index < -0.39 is 12.0 Å². The first-order valence-corrected chi connectivity index (χ1v) is 5.95. The number of nitrogens with one attached hydrogen (secondary N) is 2. The second kappa shape index (κ2) is 10.9. The van der Waals surface area contributed by atoms with Crippen molar-refractivity contribution in [3.8, 4) is 0 Å². The highest BCUT2D eigenvalue weighted by molar-refractivity contribution is 5.82. The zero-order valence-corrected chi connectivity index (χ0v) is 10.6. The minimum absolute atomic E-state index is 0.0808. The number of carboxylic acids is 1. The highest BCUT2D eigenvalue weighted by atomic mass is 16.5. The standard InChI is InChI=1S/C11H22N2O5/c1-12-9(3-4-10(15)16)11(17)13-5-8-18-7-2-6-14/h9,12,14H,2-8H2,1H3,(H,13,17)(H,15,16)/p-1. The van der Waals surface area contributed by atoms with Gasteiger partial charge in [0.25, 0.3) is 0 Å². The third-order valence-electron chi connectivity index (χ3n) is 2.29. The number of carboxylic acid groups (broad SMARTS) is 1. The molecule has 0 bridgehead atoms. The van der Waals surface area contributed by atoms with Crippen LogP contribution in [-0.4, -0.2) is 56.4 Å². The van der Waals surface area contributed by atoms with Gasteiger partial charge in [-0.1, -0.05) is 0 Å². The number of aliphatic hydroxyl groups is 1. The van der Waals surface area contributed by atoms with Crippen LogP contribution in [0.4, 0.5) is 0 Å². The molecule has 1 unspecified atom stereocenters. The van der Waals surface area contributed by atoms with Crippen LogP contribution in [0.5, 0.6) is 0 Å². The van der Waals surface area contributed by atoms with E-state index in [9.17, 15) is 14.7 Å². The van der Waals surface area contributed by atoms with Gasteiger partial charge in [-0.2, -0.15) is 0 Å². The Morgan fingerprint density at radius 3 is 2.67 bits per heavy atom. The molecule has 3 N–H and O–H groups in total. The van der Waals surface area contributed by atoms with Gasteiger partial charge in [0.05, 0.1) is 12.6 Å². The maximum absolute atomic E-state index is 11.6. The van der Waals surface area contributed by atoms with E-state index in [0.29, 0.717) is 26.2 Å². The number of hydrogen-bond acceptors (Lipinski definition) is 6. The van der Waals surface area contributed by atoms with E-state index in [1.165, 1.54) is 0 Å². The molecule has 0 heterocycles. The fourth-order valence-electron chi connectivity index (χ4n) is 1.31. The molecule has 0 aliphatic heterocycles. The van der Waals surface area contributed by atoms with Crippen molar-refractivity contribution in [3.63, 3.8) is 0 Å². The molecular formula is C11H21N2O5-. The average molecular weight is 261 g/mol. The van der Waals surface area contributed by atoms with E-state index in [1.54, 1.807) is 7.05 Å². The van der Waals surface area contributed by atoms with Crippen molar-refractivity contribution in [1.29, 1.82) is 0 Å². The summed E-state index contributed by atoms with van der Waals surface area (Å²) in [4.78, 5) is 21.9. The molecule has 7 nitrogen and oxygen atoms in total. The van der Waals surface area contributed by atoms with E-state index >= 15 is 0 Å². The van der Waals surface area contributed by atoms with Crippen LogP contribution in [0.2, 0.25) is 0 Å². The van der Waals surface area contributed by atoms with Gasteiger partial charge >= 0.3 is 0 Å². The summed E-state index contributed by atoms with van der Waals surface area (Å²) in [6, 6.07) is -0.541. The van der Waals surface area contributed by atoms with Gasteiger partial charge < -0.3 is 30.4 Å². The molecule has 0 aliphatic rings. The lowest BCUT2D eigenvalue weighted by Gasteiger charge is -2.16. The van der Waals surface area contributed by atoms with Crippen molar-refractivity contribution in [2.75, 3.05) is 33.4 Å². The summed E-state index contributed by atoms with van der Waals surface area (Å²) in [5.74, 6) is -1.43. The smallest absolute Gasteiger partial charge is 0.237 e. The summed E-state index contributed by atoms with van der Waals surface area (Å²) >= 11 is 0. The third kappa shape index (κ3) is 8.91. The zero-order valence-electron chi connectivity index (χ0n) is 10.6. The topological polar surface area (TPSA) is 111 Å². The minimum Gasteiger partial charge on any atom is -0.550 e. The van der Waals surface area contributed by atoms with E-state index in [-0.39, 0.29) is 25.4 Å². The number of ether oxygens (including phenoxy) is 1. The predicted octanol–water partition coefficient (Wildman–Crippen LogP) is -2.38. The molecule has 0 aromatic carbocycles. The largest absolute Gasteiger partial charge is 0.550 e. The molecule has 18 heavy (non-hydrogen) atoms. The van der Waals surface area contributed by atoms with Crippen molar-refractivity contribution in [3.05, 3.63) is 0 Å². The zero-order chi connectivity index (χ0) is 13.8. The van der Waals surface area contributed by atoms with Crippen LogP contribution in [0.1, 0.15) is 19.3 Å². The van der Waals surface area contributed by atoms with Gasteiger partial charge in [-0.3, -0.25) is 4.79 Å². The summed E-state index contributed by atoms with van der Waals surface area (Å²) in [7, 11) is 1.59. The predicted molar refractivity (Wildman–Crippen MR) is 62.6 cm³/mol. The Labute approximate surface area is 107 Å². The van der Waals surface area contributed by atoms with Crippen molar-refractivity contribution >= 4 is 11.9 Å².